The van der Waals surface area contributed by atoms with Gasteiger partial charge in [0.2, 0.25) is 0 Å². The molecule has 0 aliphatic heterocycles. The maximum absolute atomic E-state index is 9.56. The van der Waals surface area contributed by atoms with Gasteiger partial charge in [0.1, 0.15) is 12.6 Å². The van der Waals surface area contributed by atoms with Gasteiger partial charge < -0.3 is 9.59 Å². The van der Waals surface area contributed by atoms with Crippen LogP contribution in [0.25, 0.3) is 0 Å². The number of carbonyl (C=O) groups is 2. The second kappa shape index (κ2) is 9.60. The molecule has 0 rings (SSSR count). The summed E-state index contributed by atoms with van der Waals surface area (Å²) in [5.74, 6) is 0. The van der Waals surface area contributed by atoms with E-state index in [0.29, 0.717) is 19.3 Å². The van der Waals surface area contributed by atoms with E-state index in [9.17, 15) is 9.59 Å². The van der Waals surface area contributed by atoms with Crippen molar-refractivity contribution >= 4 is 12.6 Å². The molecule has 0 spiro atoms. The van der Waals surface area contributed by atoms with E-state index in [1.54, 1.807) is 0 Å². The molecule has 0 aromatic heterocycles. The molecule has 0 aromatic carbocycles. The lowest BCUT2D eigenvalue weighted by atomic mass is 10.3. The Labute approximate surface area is 49.9 Å². The maximum Gasteiger partial charge on any atom is 0.120 e. The zero-order valence-corrected chi connectivity index (χ0v) is 4.59. The molecule has 0 fully saturated rings. The first-order valence-corrected chi connectivity index (χ1v) is 2.29. The molecular weight excluding hydrogens is 104 g/mol. The monoisotopic (exact) mass is 112 g/mol. The van der Waals surface area contributed by atoms with E-state index >= 15 is 0 Å². The molecule has 0 aromatic rings. The highest BCUT2D eigenvalue weighted by molar-refractivity contribution is 5.52. The van der Waals surface area contributed by atoms with Crippen LogP contribution in [0, 0.1) is 7.43 Å². The number of aldehydes is 2. The Bertz CT molecular complexity index is 51.5. The number of hydrogen-bond donors (Lipinski definition) is 0. The highest BCUT2D eigenvalue weighted by Crippen LogP contribution is 1.85. The highest BCUT2D eigenvalue weighted by Gasteiger charge is 1.80. The number of carbonyl (C=O) groups excluding carboxylic acids is 2. The van der Waals surface area contributed by atoms with Crippen molar-refractivity contribution in [1.29, 1.82) is 0 Å². The highest BCUT2D eigenvalue weighted by atomic mass is 16.1. The molecule has 0 saturated carbocycles. The second-order valence-electron chi connectivity index (χ2n) is 1.26. The lowest BCUT2D eigenvalue weighted by Gasteiger charge is -1.78. The molecule has 0 atom stereocenters. The summed E-state index contributed by atoms with van der Waals surface area (Å²) in [6, 6.07) is 0. The van der Waals surface area contributed by atoms with E-state index in [0.717, 1.165) is 12.6 Å². The van der Waals surface area contributed by atoms with E-state index in [-0.39, 0.29) is 7.43 Å². The van der Waals surface area contributed by atoms with Gasteiger partial charge >= 0.3 is 0 Å². The van der Waals surface area contributed by atoms with Crippen molar-refractivity contribution in [2.45, 2.75) is 19.3 Å². The van der Waals surface area contributed by atoms with Gasteiger partial charge in [0, 0.05) is 20.3 Å². The Hall–Kier alpha value is -0.660. The van der Waals surface area contributed by atoms with Gasteiger partial charge in [-0.15, -0.1) is 0 Å². The van der Waals surface area contributed by atoms with Gasteiger partial charge in [-0.3, -0.25) is 0 Å². The van der Waals surface area contributed by atoms with E-state index in [1.165, 1.54) is 0 Å². The first-order valence-electron chi connectivity index (χ1n) is 2.29. The molecule has 0 amide bonds. The lowest BCUT2D eigenvalue weighted by Crippen LogP contribution is -1.76. The normalized spacial score (nSPS) is 7.00. The van der Waals surface area contributed by atoms with Crippen LogP contribution in [0.4, 0.5) is 0 Å². The van der Waals surface area contributed by atoms with Crippen molar-refractivity contribution in [1.82, 2.24) is 0 Å². The number of unbranched alkanes of at least 4 members (excludes halogenated alkanes) is 2. The molecule has 8 heavy (non-hydrogen) atoms. The summed E-state index contributed by atoms with van der Waals surface area (Å²) < 4.78 is 0. The smallest absolute Gasteiger partial charge is 0.120 e. The first-order chi connectivity index (χ1) is 3.41. The minimum atomic E-state index is 0. The predicted octanol–water partition coefficient (Wildman–Crippen LogP) is 0.636. The van der Waals surface area contributed by atoms with Crippen LogP contribution in [0.15, 0.2) is 0 Å². The summed E-state index contributed by atoms with van der Waals surface area (Å²) in [6.45, 7) is 0. The fourth-order valence-corrected chi connectivity index (χ4v) is 0.285. The molecule has 44 valence electrons. The standard InChI is InChI=1S/C5H8O2.C/c6-4-2-1-3-5-7;/h4-5H,1-3H2;. The molecule has 2 nitrogen and oxygen atoms in total. The second-order valence-corrected chi connectivity index (χ2v) is 1.26. The van der Waals surface area contributed by atoms with Crippen molar-refractivity contribution in [2.75, 3.05) is 0 Å². The molecule has 0 unspecified atom stereocenters. The van der Waals surface area contributed by atoms with Crippen LogP contribution in [-0.4, -0.2) is 12.6 Å². The molecule has 0 saturated heterocycles. The van der Waals surface area contributed by atoms with Crippen LogP contribution in [0.3, 0.4) is 0 Å². The summed E-state index contributed by atoms with van der Waals surface area (Å²) in [5, 5.41) is 0. The quantitative estimate of drug-likeness (QED) is 0.395. The van der Waals surface area contributed by atoms with E-state index in [1.807, 2.05) is 0 Å². The first kappa shape index (κ1) is 10.3. The topological polar surface area (TPSA) is 34.1 Å². The van der Waals surface area contributed by atoms with Crippen molar-refractivity contribution in [3.05, 3.63) is 7.43 Å². The Balaban J connectivity index is 0. The zero-order chi connectivity index (χ0) is 5.54. The van der Waals surface area contributed by atoms with Gasteiger partial charge in [-0.2, -0.15) is 0 Å². The summed E-state index contributed by atoms with van der Waals surface area (Å²) in [6.07, 6.45) is 3.37. The average molecular weight is 112 g/mol. The number of hydrogen-bond acceptors (Lipinski definition) is 2. The largest absolute Gasteiger partial charge is 0.303 e. The van der Waals surface area contributed by atoms with Crippen LogP contribution in [0.2, 0.25) is 0 Å². The van der Waals surface area contributed by atoms with E-state index in [4.69, 9.17) is 0 Å². The van der Waals surface area contributed by atoms with Gasteiger partial charge in [-0.1, -0.05) is 0 Å². The molecule has 2 heteroatoms. The van der Waals surface area contributed by atoms with Crippen molar-refractivity contribution < 1.29 is 9.59 Å². The summed E-state index contributed by atoms with van der Waals surface area (Å²) >= 11 is 0. The van der Waals surface area contributed by atoms with Gasteiger partial charge in [-0.25, -0.2) is 0 Å². The van der Waals surface area contributed by atoms with Gasteiger partial charge in [0.15, 0.2) is 0 Å². The van der Waals surface area contributed by atoms with Crippen LogP contribution in [0.5, 0.6) is 0 Å². The molecular formula is C6H8O2. The minimum Gasteiger partial charge on any atom is -0.303 e. The molecule has 0 bridgehead atoms. The fraction of sp³-hybridized carbons (Fsp3) is 0.500. The maximum atomic E-state index is 9.56. The van der Waals surface area contributed by atoms with Crippen molar-refractivity contribution in [3.8, 4) is 0 Å². The predicted molar refractivity (Wildman–Crippen MR) is 29.2 cm³/mol. The van der Waals surface area contributed by atoms with E-state index < -0.39 is 0 Å². The third-order valence-corrected chi connectivity index (χ3v) is 0.644. The van der Waals surface area contributed by atoms with Crippen LogP contribution < -0.4 is 0 Å². The molecule has 4 radical (unpaired) electrons. The Kier molecular flexibility index (Phi) is 12.4. The van der Waals surface area contributed by atoms with Gasteiger partial charge in [-0.05, 0) is 6.42 Å². The molecule has 0 aliphatic carbocycles. The SMILES string of the molecule is O=CCCCC=O.[C]. The molecule has 0 N–H and O–H groups in total. The lowest BCUT2D eigenvalue weighted by molar-refractivity contribution is -0.108. The Morgan fingerprint density at radius 1 is 1.00 bits per heavy atom. The molecule has 0 aliphatic rings. The fourth-order valence-electron chi connectivity index (χ4n) is 0.285. The zero-order valence-electron chi connectivity index (χ0n) is 4.59. The number of rotatable bonds is 4. The third-order valence-electron chi connectivity index (χ3n) is 0.644. The summed E-state index contributed by atoms with van der Waals surface area (Å²) in [4.78, 5) is 19.1. The Morgan fingerprint density at radius 2 is 1.38 bits per heavy atom. The van der Waals surface area contributed by atoms with Gasteiger partial charge in [0.05, 0.1) is 0 Å². The summed E-state index contributed by atoms with van der Waals surface area (Å²) in [7, 11) is 0. The minimum absolute atomic E-state index is 0. The van der Waals surface area contributed by atoms with E-state index in [2.05, 4.69) is 0 Å². The molecule has 0 heterocycles. The van der Waals surface area contributed by atoms with Gasteiger partial charge in [0.25, 0.3) is 0 Å². The Morgan fingerprint density at radius 3 is 1.62 bits per heavy atom. The third kappa shape index (κ3) is 9.02. The average Bonchev–Trinajstić information content (AvgIpc) is 1.69. The van der Waals surface area contributed by atoms with Crippen molar-refractivity contribution in [3.63, 3.8) is 0 Å². The van der Waals surface area contributed by atoms with Crippen molar-refractivity contribution in [2.24, 2.45) is 0 Å². The van der Waals surface area contributed by atoms with Crippen LogP contribution in [0.1, 0.15) is 19.3 Å². The summed E-state index contributed by atoms with van der Waals surface area (Å²) in [5.41, 5.74) is 0. The van der Waals surface area contributed by atoms with Crippen LogP contribution >= 0.6 is 0 Å². The van der Waals surface area contributed by atoms with Crippen LogP contribution in [-0.2, 0) is 9.59 Å².